The molecule has 2 aromatic carbocycles. The summed E-state index contributed by atoms with van der Waals surface area (Å²) in [5, 5.41) is 3.63. The topological polar surface area (TPSA) is 24.5 Å². The summed E-state index contributed by atoms with van der Waals surface area (Å²) >= 11 is 0. The average Bonchev–Trinajstić information content (AvgIpc) is 3.08. The fraction of sp³-hybridized carbons (Fsp3) is 0.455. The second-order valence-corrected chi connectivity index (χ2v) is 6.94. The summed E-state index contributed by atoms with van der Waals surface area (Å²) in [6.45, 7) is 9.31. The Hall–Kier alpha value is -1.84. The fourth-order valence-corrected chi connectivity index (χ4v) is 3.67. The molecule has 0 aromatic heterocycles. The Labute approximate surface area is 152 Å². The van der Waals surface area contributed by atoms with Crippen LogP contribution in [0.1, 0.15) is 36.5 Å². The number of likely N-dealkylation sites (tertiary alicyclic amines) is 1. The second kappa shape index (κ2) is 9.02. The lowest BCUT2D eigenvalue weighted by molar-refractivity contribution is 0.259. The number of ether oxygens (including phenoxy) is 1. The van der Waals surface area contributed by atoms with E-state index < -0.39 is 0 Å². The van der Waals surface area contributed by atoms with E-state index in [1.54, 1.807) is 0 Å². The molecular formula is C22H30N2O. The molecule has 0 radical (unpaired) electrons. The van der Waals surface area contributed by atoms with Crippen LogP contribution in [-0.4, -0.2) is 30.6 Å². The van der Waals surface area contributed by atoms with E-state index in [0.29, 0.717) is 12.6 Å². The zero-order valence-electron chi connectivity index (χ0n) is 15.5. The normalized spacial score (nSPS) is 17.8. The van der Waals surface area contributed by atoms with Crippen molar-refractivity contribution in [3.05, 3.63) is 65.2 Å². The van der Waals surface area contributed by atoms with Crippen LogP contribution in [0.25, 0.3) is 0 Å². The lowest BCUT2D eigenvalue weighted by atomic mass is 10.1. The maximum absolute atomic E-state index is 6.09. The van der Waals surface area contributed by atoms with Crippen LogP contribution in [-0.2, 0) is 13.2 Å². The van der Waals surface area contributed by atoms with Crippen molar-refractivity contribution in [1.82, 2.24) is 10.2 Å². The number of aryl methyl sites for hydroxylation is 1. The Morgan fingerprint density at radius 3 is 2.88 bits per heavy atom. The summed E-state index contributed by atoms with van der Waals surface area (Å²) in [6.07, 6.45) is 2.64. The Bertz CT molecular complexity index is 671. The van der Waals surface area contributed by atoms with Crippen LogP contribution in [0.5, 0.6) is 5.75 Å². The molecule has 1 atom stereocenters. The van der Waals surface area contributed by atoms with Gasteiger partial charge in [0, 0.05) is 24.7 Å². The molecule has 1 fully saturated rings. The Morgan fingerprint density at radius 1 is 1.16 bits per heavy atom. The third-order valence-electron chi connectivity index (χ3n) is 5.05. The first-order chi connectivity index (χ1) is 12.3. The average molecular weight is 338 g/mol. The second-order valence-electron chi connectivity index (χ2n) is 6.94. The van der Waals surface area contributed by atoms with Gasteiger partial charge in [-0.25, -0.2) is 0 Å². The van der Waals surface area contributed by atoms with Gasteiger partial charge in [-0.3, -0.25) is 4.90 Å². The molecule has 1 saturated heterocycles. The number of hydrogen-bond acceptors (Lipinski definition) is 3. The van der Waals surface area contributed by atoms with Gasteiger partial charge in [0.25, 0.3) is 0 Å². The van der Waals surface area contributed by atoms with Crippen LogP contribution in [0.4, 0.5) is 0 Å². The van der Waals surface area contributed by atoms with Crippen LogP contribution in [0.2, 0.25) is 0 Å². The molecule has 1 aliphatic heterocycles. The van der Waals surface area contributed by atoms with Crippen molar-refractivity contribution in [2.24, 2.45) is 0 Å². The first kappa shape index (κ1) is 18.0. The molecule has 0 saturated carbocycles. The van der Waals surface area contributed by atoms with E-state index in [2.05, 4.69) is 66.5 Å². The largest absolute Gasteiger partial charge is 0.489 e. The van der Waals surface area contributed by atoms with Gasteiger partial charge in [-0.2, -0.15) is 0 Å². The summed E-state index contributed by atoms with van der Waals surface area (Å²) < 4.78 is 6.09. The highest BCUT2D eigenvalue weighted by molar-refractivity contribution is 5.33. The molecule has 25 heavy (non-hydrogen) atoms. The van der Waals surface area contributed by atoms with Gasteiger partial charge in [0.15, 0.2) is 0 Å². The van der Waals surface area contributed by atoms with Crippen LogP contribution in [0.3, 0.4) is 0 Å². The summed E-state index contributed by atoms with van der Waals surface area (Å²) in [5.41, 5.74) is 3.72. The van der Waals surface area contributed by atoms with Crippen molar-refractivity contribution in [1.29, 1.82) is 0 Å². The van der Waals surface area contributed by atoms with Crippen molar-refractivity contribution in [2.45, 2.75) is 45.9 Å². The highest BCUT2D eigenvalue weighted by Crippen LogP contribution is 2.20. The molecule has 0 spiro atoms. The van der Waals surface area contributed by atoms with E-state index >= 15 is 0 Å². The van der Waals surface area contributed by atoms with E-state index in [1.165, 1.54) is 36.1 Å². The van der Waals surface area contributed by atoms with E-state index in [0.717, 1.165) is 25.4 Å². The highest BCUT2D eigenvalue weighted by Gasteiger charge is 2.22. The van der Waals surface area contributed by atoms with Gasteiger partial charge in [0.1, 0.15) is 12.4 Å². The summed E-state index contributed by atoms with van der Waals surface area (Å²) in [5.74, 6) is 0.982. The van der Waals surface area contributed by atoms with Crippen molar-refractivity contribution in [2.75, 3.05) is 19.6 Å². The molecule has 0 aliphatic carbocycles. The maximum Gasteiger partial charge on any atom is 0.124 e. The van der Waals surface area contributed by atoms with E-state index in [9.17, 15) is 0 Å². The predicted octanol–water partition coefficient (Wildman–Crippen LogP) is 4.15. The lowest BCUT2D eigenvalue weighted by Gasteiger charge is -2.23. The molecule has 1 unspecified atom stereocenters. The molecule has 3 rings (SSSR count). The zero-order valence-corrected chi connectivity index (χ0v) is 15.5. The number of hydrogen-bond donors (Lipinski definition) is 1. The molecule has 0 amide bonds. The molecular weight excluding hydrogens is 308 g/mol. The van der Waals surface area contributed by atoms with Gasteiger partial charge in [0.2, 0.25) is 0 Å². The zero-order chi connectivity index (χ0) is 17.5. The van der Waals surface area contributed by atoms with Crippen LogP contribution in [0, 0.1) is 6.92 Å². The van der Waals surface area contributed by atoms with Crippen LogP contribution < -0.4 is 10.1 Å². The standard InChI is InChI=1S/C22H30N2O/c1-3-24-13-7-11-21(24)16-23-15-20-10-4-5-12-22(20)25-17-19-9-6-8-18(2)14-19/h4-6,8-10,12,14,21,23H,3,7,11,13,15-17H2,1-2H3. The van der Waals surface area contributed by atoms with Gasteiger partial charge in [0.05, 0.1) is 0 Å². The van der Waals surface area contributed by atoms with Crippen LogP contribution >= 0.6 is 0 Å². The summed E-state index contributed by atoms with van der Waals surface area (Å²) in [7, 11) is 0. The summed E-state index contributed by atoms with van der Waals surface area (Å²) in [4.78, 5) is 2.58. The minimum atomic E-state index is 0.616. The van der Waals surface area contributed by atoms with E-state index in [4.69, 9.17) is 4.74 Å². The molecule has 3 heteroatoms. The molecule has 3 nitrogen and oxygen atoms in total. The maximum atomic E-state index is 6.09. The lowest BCUT2D eigenvalue weighted by Crippen LogP contribution is -2.37. The van der Waals surface area contributed by atoms with E-state index in [-0.39, 0.29) is 0 Å². The molecule has 2 aromatic rings. The first-order valence-electron chi connectivity index (χ1n) is 9.47. The Morgan fingerprint density at radius 2 is 2.04 bits per heavy atom. The fourth-order valence-electron chi connectivity index (χ4n) is 3.67. The Kier molecular flexibility index (Phi) is 6.48. The monoisotopic (exact) mass is 338 g/mol. The Balaban J connectivity index is 1.53. The SMILES string of the molecule is CCN1CCCC1CNCc1ccccc1OCc1cccc(C)c1. The number of rotatable bonds is 8. The number of likely N-dealkylation sites (N-methyl/N-ethyl adjacent to an activating group) is 1. The van der Waals surface area contributed by atoms with Gasteiger partial charge in [-0.05, 0) is 44.5 Å². The van der Waals surface area contributed by atoms with Crippen molar-refractivity contribution in [3.63, 3.8) is 0 Å². The summed E-state index contributed by atoms with van der Waals surface area (Å²) in [6, 6.07) is 17.5. The number of para-hydroxylation sites is 1. The first-order valence-corrected chi connectivity index (χ1v) is 9.47. The minimum Gasteiger partial charge on any atom is -0.489 e. The predicted molar refractivity (Wildman–Crippen MR) is 104 cm³/mol. The molecule has 0 bridgehead atoms. The minimum absolute atomic E-state index is 0.616. The highest BCUT2D eigenvalue weighted by atomic mass is 16.5. The van der Waals surface area contributed by atoms with Crippen molar-refractivity contribution >= 4 is 0 Å². The quantitative estimate of drug-likeness (QED) is 0.782. The van der Waals surface area contributed by atoms with E-state index in [1.807, 2.05) is 6.07 Å². The van der Waals surface area contributed by atoms with Gasteiger partial charge in [-0.1, -0.05) is 55.0 Å². The molecule has 1 heterocycles. The smallest absolute Gasteiger partial charge is 0.124 e. The van der Waals surface area contributed by atoms with Gasteiger partial charge >= 0.3 is 0 Å². The number of nitrogens with zero attached hydrogens (tertiary/aromatic N) is 1. The number of benzene rings is 2. The van der Waals surface area contributed by atoms with Gasteiger partial charge < -0.3 is 10.1 Å². The molecule has 134 valence electrons. The molecule has 1 aliphatic rings. The van der Waals surface area contributed by atoms with Crippen LogP contribution in [0.15, 0.2) is 48.5 Å². The molecule has 1 N–H and O–H groups in total. The van der Waals surface area contributed by atoms with Crippen molar-refractivity contribution in [3.8, 4) is 5.75 Å². The third-order valence-corrected chi connectivity index (χ3v) is 5.05. The number of nitrogens with one attached hydrogen (secondary N) is 1. The third kappa shape index (κ3) is 5.07. The van der Waals surface area contributed by atoms with Crippen molar-refractivity contribution < 1.29 is 4.74 Å². The van der Waals surface area contributed by atoms with Gasteiger partial charge in [-0.15, -0.1) is 0 Å².